The van der Waals surface area contributed by atoms with Crippen LogP contribution in [0.2, 0.25) is 0 Å². The van der Waals surface area contributed by atoms with Gasteiger partial charge in [0, 0.05) is 14.1 Å². The van der Waals surface area contributed by atoms with Gasteiger partial charge in [0.1, 0.15) is 5.75 Å². The number of carbonyl (C=O) groups excluding carboxylic acids is 1. The maximum Gasteiger partial charge on any atom is 0.263 e. The van der Waals surface area contributed by atoms with E-state index in [-0.39, 0.29) is 11.8 Å². The average Bonchev–Trinajstić information content (AvgIpc) is 2.45. The first-order chi connectivity index (χ1) is 9.91. The van der Waals surface area contributed by atoms with E-state index in [9.17, 15) is 4.79 Å². The van der Waals surface area contributed by atoms with Gasteiger partial charge in [-0.1, -0.05) is 44.2 Å². The summed E-state index contributed by atoms with van der Waals surface area (Å²) >= 11 is 3.60. The predicted molar refractivity (Wildman–Crippen MR) is 89.6 cm³/mol. The maximum absolute atomic E-state index is 12.2. The van der Waals surface area contributed by atoms with Gasteiger partial charge in [-0.05, 0) is 38.7 Å². The van der Waals surface area contributed by atoms with Crippen molar-refractivity contribution in [1.82, 2.24) is 4.90 Å². The SMILES string of the molecule is CC(C)[C@@H](Oc1ccc2ccccc2c1Br)C(=O)N(C)C. The van der Waals surface area contributed by atoms with Gasteiger partial charge < -0.3 is 9.64 Å². The minimum absolute atomic E-state index is 0.0231. The van der Waals surface area contributed by atoms with Gasteiger partial charge in [0.25, 0.3) is 5.91 Å². The van der Waals surface area contributed by atoms with Crippen molar-refractivity contribution in [3.05, 3.63) is 40.9 Å². The third kappa shape index (κ3) is 3.38. The summed E-state index contributed by atoms with van der Waals surface area (Å²) in [6.45, 7) is 3.97. The Morgan fingerprint density at radius 3 is 2.43 bits per heavy atom. The molecule has 0 saturated carbocycles. The van der Waals surface area contributed by atoms with E-state index >= 15 is 0 Å². The van der Waals surface area contributed by atoms with Crippen LogP contribution in [0.4, 0.5) is 0 Å². The first-order valence-electron chi connectivity index (χ1n) is 6.97. The first-order valence-corrected chi connectivity index (χ1v) is 7.76. The van der Waals surface area contributed by atoms with E-state index in [4.69, 9.17) is 4.74 Å². The van der Waals surface area contributed by atoms with Gasteiger partial charge in [-0.3, -0.25) is 4.79 Å². The Bertz CT molecular complexity index is 652. The molecule has 0 saturated heterocycles. The molecule has 4 heteroatoms. The van der Waals surface area contributed by atoms with Gasteiger partial charge in [-0.25, -0.2) is 0 Å². The Morgan fingerprint density at radius 2 is 1.81 bits per heavy atom. The van der Waals surface area contributed by atoms with Crippen LogP contribution in [-0.2, 0) is 4.79 Å². The molecule has 2 aromatic carbocycles. The fraction of sp³-hybridized carbons (Fsp3) is 0.353. The lowest BCUT2D eigenvalue weighted by molar-refractivity contribution is -0.138. The highest BCUT2D eigenvalue weighted by atomic mass is 79.9. The van der Waals surface area contributed by atoms with Crippen molar-refractivity contribution >= 4 is 32.6 Å². The second-order valence-electron chi connectivity index (χ2n) is 5.61. The fourth-order valence-electron chi connectivity index (χ4n) is 2.17. The van der Waals surface area contributed by atoms with Gasteiger partial charge in [0.15, 0.2) is 6.10 Å². The quantitative estimate of drug-likeness (QED) is 0.831. The summed E-state index contributed by atoms with van der Waals surface area (Å²) in [5.41, 5.74) is 0. The number of amides is 1. The number of fused-ring (bicyclic) bond motifs is 1. The third-order valence-electron chi connectivity index (χ3n) is 3.37. The molecule has 1 atom stereocenters. The fourth-order valence-corrected chi connectivity index (χ4v) is 2.75. The molecule has 0 unspecified atom stereocenters. The topological polar surface area (TPSA) is 29.5 Å². The van der Waals surface area contributed by atoms with Crippen LogP contribution in [0.1, 0.15) is 13.8 Å². The maximum atomic E-state index is 12.2. The normalized spacial score (nSPS) is 12.5. The molecule has 1 amide bonds. The van der Waals surface area contributed by atoms with Gasteiger partial charge in [-0.15, -0.1) is 0 Å². The Labute approximate surface area is 134 Å². The molecule has 0 aliphatic rings. The standard InChI is InChI=1S/C17H20BrNO2/c1-11(2)16(17(20)19(3)4)21-14-10-9-12-7-5-6-8-13(12)15(14)18/h5-11,16H,1-4H3/t16-/m1/s1. The van der Waals surface area contributed by atoms with Crippen LogP contribution in [0.5, 0.6) is 5.75 Å². The van der Waals surface area contributed by atoms with Crippen LogP contribution in [0.3, 0.4) is 0 Å². The number of nitrogens with zero attached hydrogens (tertiary/aromatic N) is 1. The number of likely N-dealkylation sites (N-methyl/N-ethyl adjacent to an activating group) is 1. The average molecular weight is 350 g/mol. The molecule has 2 aromatic rings. The Balaban J connectivity index is 2.37. The van der Waals surface area contributed by atoms with Crippen LogP contribution in [0, 0.1) is 5.92 Å². The zero-order valence-electron chi connectivity index (χ0n) is 12.8. The van der Waals surface area contributed by atoms with Crippen molar-refractivity contribution in [3.8, 4) is 5.75 Å². The lowest BCUT2D eigenvalue weighted by atomic mass is 10.1. The summed E-state index contributed by atoms with van der Waals surface area (Å²) < 4.78 is 6.89. The Kier molecular flexibility index (Phi) is 4.88. The zero-order chi connectivity index (χ0) is 15.6. The van der Waals surface area contributed by atoms with Gasteiger partial charge in [0.05, 0.1) is 4.47 Å². The second-order valence-corrected chi connectivity index (χ2v) is 6.41. The number of hydrogen-bond donors (Lipinski definition) is 0. The molecular formula is C17H20BrNO2. The minimum Gasteiger partial charge on any atom is -0.479 e. The molecular weight excluding hydrogens is 330 g/mol. The van der Waals surface area contributed by atoms with E-state index in [2.05, 4.69) is 22.0 Å². The molecule has 0 aliphatic heterocycles. The van der Waals surface area contributed by atoms with Gasteiger partial charge >= 0.3 is 0 Å². The Hall–Kier alpha value is -1.55. The molecule has 0 heterocycles. The molecule has 21 heavy (non-hydrogen) atoms. The summed E-state index contributed by atoms with van der Waals surface area (Å²) in [5, 5.41) is 2.21. The number of benzene rings is 2. The molecule has 0 spiro atoms. The largest absolute Gasteiger partial charge is 0.479 e. The van der Waals surface area contributed by atoms with Crippen LogP contribution < -0.4 is 4.74 Å². The van der Waals surface area contributed by atoms with Crippen LogP contribution in [-0.4, -0.2) is 31.0 Å². The third-order valence-corrected chi connectivity index (χ3v) is 4.19. The number of hydrogen-bond acceptors (Lipinski definition) is 2. The van der Waals surface area contributed by atoms with Crippen molar-refractivity contribution < 1.29 is 9.53 Å². The molecule has 0 aromatic heterocycles. The summed E-state index contributed by atoms with van der Waals surface area (Å²) in [7, 11) is 3.49. The van der Waals surface area contributed by atoms with E-state index in [1.54, 1.807) is 19.0 Å². The van der Waals surface area contributed by atoms with Crippen LogP contribution in [0.15, 0.2) is 40.9 Å². The molecule has 3 nitrogen and oxygen atoms in total. The molecule has 2 rings (SSSR count). The minimum atomic E-state index is -0.488. The molecule has 0 aliphatic carbocycles. The molecule has 0 N–H and O–H groups in total. The Morgan fingerprint density at radius 1 is 1.14 bits per heavy atom. The number of carbonyl (C=O) groups is 1. The summed E-state index contributed by atoms with van der Waals surface area (Å²) in [4.78, 5) is 13.8. The number of halogens is 1. The highest BCUT2D eigenvalue weighted by Crippen LogP contribution is 2.34. The van der Waals surface area contributed by atoms with Crippen molar-refractivity contribution in [2.75, 3.05) is 14.1 Å². The highest BCUT2D eigenvalue weighted by Gasteiger charge is 2.26. The summed E-state index contributed by atoms with van der Waals surface area (Å²) in [6.07, 6.45) is -0.488. The molecule has 112 valence electrons. The summed E-state index contributed by atoms with van der Waals surface area (Å²) in [6, 6.07) is 12.0. The number of ether oxygens (including phenoxy) is 1. The van der Waals surface area contributed by atoms with Crippen LogP contribution in [0.25, 0.3) is 10.8 Å². The van der Waals surface area contributed by atoms with E-state index in [1.807, 2.05) is 44.2 Å². The number of rotatable bonds is 4. The first kappa shape index (κ1) is 15.8. The summed E-state index contributed by atoms with van der Waals surface area (Å²) in [5.74, 6) is 0.769. The monoisotopic (exact) mass is 349 g/mol. The lowest BCUT2D eigenvalue weighted by Crippen LogP contribution is -2.41. The molecule has 0 fully saturated rings. The molecule has 0 bridgehead atoms. The van der Waals surface area contributed by atoms with Crippen LogP contribution >= 0.6 is 15.9 Å². The van der Waals surface area contributed by atoms with E-state index < -0.39 is 6.10 Å². The van der Waals surface area contributed by atoms with Crippen molar-refractivity contribution in [2.45, 2.75) is 20.0 Å². The van der Waals surface area contributed by atoms with E-state index in [0.717, 1.165) is 15.2 Å². The second kappa shape index (κ2) is 6.48. The zero-order valence-corrected chi connectivity index (χ0v) is 14.3. The predicted octanol–water partition coefficient (Wildman–Crippen LogP) is 4.09. The van der Waals surface area contributed by atoms with Gasteiger partial charge in [0.2, 0.25) is 0 Å². The van der Waals surface area contributed by atoms with Gasteiger partial charge in [-0.2, -0.15) is 0 Å². The smallest absolute Gasteiger partial charge is 0.263 e. The molecule has 0 radical (unpaired) electrons. The van der Waals surface area contributed by atoms with Crippen molar-refractivity contribution in [2.24, 2.45) is 5.92 Å². The van der Waals surface area contributed by atoms with Crippen molar-refractivity contribution in [3.63, 3.8) is 0 Å². The van der Waals surface area contributed by atoms with Crippen molar-refractivity contribution in [1.29, 1.82) is 0 Å². The lowest BCUT2D eigenvalue weighted by Gasteiger charge is -2.25. The van der Waals surface area contributed by atoms with E-state index in [1.165, 1.54) is 0 Å². The van der Waals surface area contributed by atoms with E-state index in [0.29, 0.717) is 5.75 Å². The highest BCUT2D eigenvalue weighted by molar-refractivity contribution is 9.10.